The number of nitrogens with one attached hydrogen (secondary N) is 1. The van der Waals surface area contributed by atoms with Gasteiger partial charge in [0.05, 0.1) is 17.9 Å². The van der Waals surface area contributed by atoms with Crippen molar-refractivity contribution in [2.75, 3.05) is 13.1 Å². The van der Waals surface area contributed by atoms with Crippen LogP contribution in [0.5, 0.6) is 0 Å². The van der Waals surface area contributed by atoms with Crippen molar-refractivity contribution in [1.82, 2.24) is 14.9 Å². The van der Waals surface area contributed by atoms with E-state index in [9.17, 15) is 0 Å². The van der Waals surface area contributed by atoms with Crippen LogP contribution in [0.3, 0.4) is 0 Å². The molecule has 0 bridgehead atoms. The molecule has 2 aliphatic rings. The highest BCUT2D eigenvalue weighted by atomic mass is 15.2. The Morgan fingerprint density at radius 2 is 1.95 bits per heavy atom. The molecule has 3 heteroatoms. The van der Waals surface area contributed by atoms with Gasteiger partial charge in [-0.15, -0.1) is 0 Å². The van der Waals surface area contributed by atoms with E-state index in [0.717, 1.165) is 17.4 Å². The van der Waals surface area contributed by atoms with Crippen LogP contribution in [-0.4, -0.2) is 28.0 Å². The van der Waals surface area contributed by atoms with Crippen LogP contribution in [0.25, 0.3) is 11.3 Å². The first-order valence-electron chi connectivity index (χ1n) is 8.74. The molecule has 0 amide bonds. The number of aromatic amines is 1. The largest absolute Gasteiger partial charge is 0.341 e. The second kappa shape index (κ2) is 6.25. The van der Waals surface area contributed by atoms with Crippen LogP contribution in [0.1, 0.15) is 50.4 Å². The van der Waals surface area contributed by atoms with E-state index in [1.54, 1.807) is 0 Å². The number of H-pyrrole nitrogens is 1. The van der Waals surface area contributed by atoms with E-state index < -0.39 is 0 Å². The van der Waals surface area contributed by atoms with Crippen molar-refractivity contribution in [3.05, 3.63) is 42.4 Å². The lowest BCUT2D eigenvalue weighted by molar-refractivity contribution is 0.139. The number of likely N-dealkylation sites (tertiary alicyclic amines) is 1. The van der Waals surface area contributed by atoms with E-state index in [-0.39, 0.29) is 0 Å². The zero-order valence-electron chi connectivity index (χ0n) is 13.2. The number of rotatable bonds is 5. The average Bonchev–Trinajstić information content (AvgIpc) is 3.28. The van der Waals surface area contributed by atoms with E-state index in [1.807, 2.05) is 6.20 Å². The summed E-state index contributed by atoms with van der Waals surface area (Å²) in [5.41, 5.74) is 2.37. The van der Waals surface area contributed by atoms with Crippen molar-refractivity contribution in [2.24, 2.45) is 5.92 Å². The molecule has 3 nitrogen and oxygen atoms in total. The minimum Gasteiger partial charge on any atom is -0.341 e. The Labute approximate surface area is 132 Å². The molecule has 4 rings (SSSR count). The van der Waals surface area contributed by atoms with Crippen LogP contribution >= 0.6 is 0 Å². The summed E-state index contributed by atoms with van der Waals surface area (Å²) in [5, 5.41) is 0. The molecule has 0 radical (unpaired) electrons. The number of piperidine rings is 1. The van der Waals surface area contributed by atoms with Crippen molar-refractivity contribution in [3.63, 3.8) is 0 Å². The van der Waals surface area contributed by atoms with Gasteiger partial charge >= 0.3 is 0 Å². The lowest BCUT2D eigenvalue weighted by Crippen LogP contribution is -2.35. The fourth-order valence-electron chi connectivity index (χ4n) is 3.59. The zero-order valence-corrected chi connectivity index (χ0v) is 13.2. The number of hydrogen-bond acceptors (Lipinski definition) is 2. The standard InChI is InChI=1S/C19H25N3/c1-2-6-16(7-3-1)17-14-20-19(21-17)18-8-4-5-12-22(18)13-11-15-9-10-15/h1-3,6-7,14-15,18H,4-5,8-13H2,(H,20,21). The van der Waals surface area contributed by atoms with Gasteiger partial charge < -0.3 is 4.98 Å². The minimum atomic E-state index is 0.491. The van der Waals surface area contributed by atoms with Crippen molar-refractivity contribution in [1.29, 1.82) is 0 Å². The number of imidazole rings is 1. The SMILES string of the molecule is c1ccc(-c2cnc(C3CCCCN3CCC3CC3)[nH]2)cc1. The van der Waals surface area contributed by atoms with Gasteiger partial charge in [-0.05, 0) is 43.8 Å². The van der Waals surface area contributed by atoms with Crippen LogP contribution in [0.15, 0.2) is 36.5 Å². The normalized spacial score (nSPS) is 22.8. The molecule has 1 aromatic heterocycles. The maximum Gasteiger partial charge on any atom is 0.123 e. The summed E-state index contributed by atoms with van der Waals surface area (Å²) in [5.74, 6) is 2.17. The Morgan fingerprint density at radius 1 is 1.09 bits per heavy atom. The highest BCUT2D eigenvalue weighted by Gasteiger charge is 2.28. The third-order valence-electron chi connectivity index (χ3n) is 5.13. The van der Waals surface area contributed by atoms with E-state index in [0.29, 0.717) is 6.04 Å². The fourth-order valence-corrected chi connectivity index (χ4v) is 3.59. The first-order chi connectivity index (χ1) is 10.9. The summed E-state index contributed by atoms with van der Waals surface area (Å²) >= 11 is 0. The molecule has 116 valence electrons. The number of nitrogens with zero attached hydrogens (tertiary/aromatic N) is 2. The molecule has 1 saturated heterocycles. The van der Waals surface area contributed by atoms with Crippen molar-refractivity contribution >= 4 is 0 Å². The second-order valence-electron chi connectivity index (χ2n) is 6.83. The molecule has 2 fully saturated rings. The molecule has 1 aromatic carbocycles. The summed E-state index contributed by atoms with van der Waals surface area (Å²) in [6.45, 7) is 2.48. The number of hydrogen-bond donors (Lipinski definition) is 1. The van der Waals surface area contributed by atoms with Gasteiger partial charge in [-0.1, -0.05) is 49.6 Å². The Balaban J connectivity index is 1.50. The molecule has 2 heterocycles. The van der Waals surface area contributed by atoms with Crippen molar-refractivity contribution in [2.45, 2.75) is 44.6 Å². The van der Waals surface area contributed by atoms with Crippen molar-refractivity contribution < 1.29 is 0 Å². The molecule has 1 N–H and O–H groups in total. The lowest BCUT2D eigenvalue weighted by atomic mass is 10.0. The molecular weight excluding hydrogens is 270 g/mol. The topological polar surface area (TPSA) is 31.9 Å². The van der Waals surface area contributed by atoms with Gasteiger partial charge in [0.15, 0.2) is 0 Å². The van der Waals surface area contributed by atoms with Crippen LogP contribution in [0.4, 0.5) is 0 Å². The van der Waals surface area contributed by atoms with Gasteiger partial charge in [0.1, 0.15) is 5.82 Å². The highest BCUT2D eigenvalue weighted by Crippen LogP contribution is 2.35. The summed E-state index contributed by atoms with van der Waals surface area (Å²) < 4.78 is 0. The van der Waals surface area contributed by atoms with Gasteiger partial charge in [-0.25, -0.2) is 4.98 Å². The Hall–Kier alpha value is -1.61. The first kappa shape index (κ1) is 14.0. The molecule has 1 saturated carbocycles. The molecule has 1 unspecified atom stereocenters. The van der Waals surface area contributed by atoms with E-state index >= 15 is 0 Å². The molecule has 1 aliphatic heterocycles. The van der Waals surface area contributed by atoms with E-state index in [1.165, 1.54) is 57.2 Å². The van der Waals surface area contributed by atoms with Gasteiger partial charge in [0, 0.05) is 0 Å². The second-order valence-corrected chi connectivity index (χ2v) is 6.83. The average molecular weight is 295 g/mol. The van der Waals surface area contributed by atoms with Crippen LogP contribution in [-0.2, 0) is 0 Å². The van der Waals surface area contributed by atoms with Gasteiger partial charge in [0.2, 0.25) is 0 Å². The third-order valence-corrected chi connectivity index (χ3v) is 5.13. The van der Waals surface area contributed by atoms with E-state index in [4.69, 9.17) is 4.98 Å². The quantitative estimate of drug-likeness (QED) is 0.886. The van der Waals surface area contributed by atoms with Gasteiger partial charge in [-0.2, -0.15) is 0 Å². The van der Waals surface area contributed by atoms with E-state index in [2.05, 4.69) is 40.2 Å². The Kier molecular flexibility index (Phi) is 3.98. The van der Waals surface area contributed by atoms with Gasteiger partial charge in [0.25, 0.3) is 0 Å². The zero-order chi connectivity index (χ0) is 14.8. The predicted molar refractivity (Wildman–Crippen MR) is 89.5 cm³/mol. The monoisotopic (exact) mass is 295 g/mol. The molecule has 1 aliphatic carbocycles. The number of aromatic nitrogens is 2. The van der Waals surface area contributed by atoms with Crippen LogP contribution in [0.2, 0.25) is 0 Å². The molecule has 2 aromatic rings. The first-order valence-corrected chi connectivity index (χ1v) is 8.74. The van der Waals surface area contributed by atoms with Crippen molar-refractivity contribution in [3.8, 4) is 11.3 Å². The molecule has 22 heavy (non-hydrogen) atoms. The predicted octanol–water partition coefficient (Wildman–Crippen LogP) is 4.40. The third kappa shape index (κ3) is 3.09. The summed E-state index contributed by atoms with van der Waals surface area (Å²) in [6.07, 6.45) is 10.2. The maximum absolute atomic E-state index is 4.71. The fraction of sp³-hybridized carbons (Fsp3) is 0.526. The maximum atomic E-state index is 4.71. The molecular formula is C19H25N3. The molecule has 0 spiro atoms. The highest BCUT2D eigenvalue weighted by molar-refractivity contribution is 5.58. The Morgan fingerprint density at radius 3 is 2.77 bits per heavy atom. The molecule has 1 atom stereocenters. The van der Waals surface area contributed by atoms with Crippen LogP contribution in [0, 0.1) is 5.92 Å². The summed E-state index contributed by atoms with van der Waals surface area (Å²) in [4.78, 5) is 11.0. The lowest BCUT2D eigenvalue weighted by Gasteiger charge is -2.34. The number of benzene rings is 1. The smallest absolute Gasteiger partial charge is 0.123 e. The minimum absolute atomic E-state index is 0.491. The Bertz CT molecular complexity index is 600. The summed E-state index contributed by atoms with van der Waals surface area (Å²) in [6, 6.07) is 11.0. The van der Waals surface area contributed by atoms with Crippen LogP contribution < -0.4 is 0 Å². The summed E-state index contributed by atoms with van der Waals surface area (Å²) in [7, 11) is 0. The van der Waals surface area contributed by atoms with Gasteiger partial charge in [-0.3, -0.25) is 4.90 Å².